The number of carbonyl (C=O) groups is 1. The number of aryl methyl sites for hydroxylation is 1. The van der Waals surface area contributed by atoms with Gasteiger partial charge >= 0.3 is 0 Å². The molecule has 16 heavy (non-hydrogen) atoms. The van der Waals surface area contributed by atoms with Gasteiger partial charge in [0.05, 0.1) is 0 Å². The van der Waals surface area contributed by atoms with E-state index in [0.29, 0.717) is 5.69 Å². The van der Waals surface area contributed by atoms with Crippen molar-refractivity contribution in [2.45, 2.75) is 6.92 Å². The number of pyridine rings is 1. The molecule has 0 fully saturated rings. The first-order valence-corrected chi connectivity index (χ1v) is 4.24. The molecule has 7 nitrogen and oxygen atoms in total. The van der Waals surface area contributed by atoms with E-state index in [4.69, 9.17) is 0 Å². The number of carbonyl (C=O) groups excluding carboxylic acids is 1. The molecule has 0 aliphatic rings. The summed E-state index contributed by atoms with van der Waals surface area (Å²) in [6, 6.07) is 5.18. The van der Waals surface area contributed by atoms with Crippen LogP contribution in [0.4, 0.5) is 5.95 Å². The average molecular weight is 227 g/mol. The van der Waals surface area contributed by atoms with Gasteiger partial charge in [-0.2, -0.15) is 5.21 Å². The summed E-state index contributed by atoms with van der Waals surface area (Å²) < 4.78 is 0. The van der Waals surface area contributed by atoms with Gasteiger partial charge in [-0.1, -0.05) is 11.2 Å². The van der Waals surface area contributed by atoms with Crippen molar-refractivity contribution in [1.82, 2.24) is 25.6 Å². The van der Waals surface area contributed by atoms with Crippen LogP contribution in [0.2, 0.25) is 0 Å². The maximum atomic E-state index is 11.6. The molecule has 2 aromatic heterocycles. The Balaban J connectivity index is 0.00000128. The molecular weight excluding hydrogens is 219 g/mol. The second-order valence-electron chi connectivity index (χ2n) is 2.85. The fourth-order valence-corrected chi connectivity index (χ4v) is 1.05. The number of nitrogens with zero attached hydrogens (tertiary/aromatic N) is 4. The summed E-state index contributed by atoms with van der Waals surface area (Å²) in [5.74, 6) is -0.233. The Morgan fingerprint density at radius 3 is 2.88 bits per heavy atom. The van der Waals surface area contributed by atoms with Crippen molar-refractivity contribution in [2.24, 2.45) is 0 Å². The Morgan fingerprint density at radius 2 is 2.25 bits per heavy atom. The van der Waals surface area contributed by atoms with E-state index < -0.39 is 0 Å². The van der Waals surface area contributed by atoms with Gasteiger partial charge < -0.3 is 0 Å². The SMILES string of the molecule is Cc1cccc(C(=O)Nc2nn[nH]n2)n1.[Na]. The molecule has 0 saturated carbocycles. The first-order valence-electron chi connectivity index (χ1n) is 4.24. The first-order chi connectivity index (χ1) is 7.25. The van der Waals surface area contributed by atoms with Crippen LogP contribution >= 0.6 is 0 Å². The smallest absolute Gasteiger partial charge is 0.276 e. The minimum Gasteiger partial charge on any atom is -0.286 e. The molecular formula is C8H8N6NaO. The Morgan fingerprint density at radius 1 is 1.44 bits per heavy atom. The number of H-pyrrole nitrogens is 1. The van der Waals surface area contributed by atoms with Crippen molar-refractivity contribution in [3.63, 3.8) is 0 Å². The van der Waals surface area contributed by atoms with Gasteiger partial charge in [-0.05, 0) is 24.3 Å². The van der Waals surface area contributed by atoms with Gasteiger partial charge in [0.15, 0.2) is 0 Å². The first kappa shape index (κ1) is 12.8. The summed E-state index contributed by atoms with van der Waals surface area (Å²) in [4.78, 5) is 15.6. The summed E-state index contributed by atoms with van der Waals surface area (Å²) >= 11 is 0. The van der Waals surface area contributed by atoms with Gasteiger partial charge in [-0.3, -0.25) is 10.1 Å². The van der Waals surface area contributed by atoms with E-state index in [1.165, 1.54) is 0 Å². The normalized spacial score (nSPS) is 9.31. The fourth-order valence-electron chi connectivity index (χ4n) is 1.05. The van der Waals surface area contributed by atoms with Crippen molar-refractivity contribution in [3.05, 3.63) is 29.6 Å². The number of hydrogen-bond donors (Lipinski definition) is 2. The van der Waals surface area contributed by atoms with Crippen LogP contribution in [0.5, 0.6) is 0 Å². The van der Waals surface area contributed by atoms with Crippen molar-refractivity contribution >= 4 is 41.4 Å². The van der Waals surface area contributed by atoms with Crippen molar-refractivity contribution < 1.29 is 4.79 Å². The van der Waals surface area contributed by atoms with Crippen molar-refractivity contribution in [2.75, 3.05) is 5.32 Å². The van der Waals surface area contributed by atoms with Crippen LogP contribution in [0.1, 0.15) is 16.2 Å². The van der Waals surface area contributed by atoms with Gasteiger partial charge in [0.1, 0.15) is 5.69 Å². The standard InChI is InChI=1S/C8H8N6O.Na/c1-5-3-2-4-6(9-5)7(15)10-8-11-13-14-12-8;/h2-4H,1H3,(H2,10,11,12,13,14,15);. The number of nitrogens with one attached hydrogen (secondary N) is 2. The van der Waals surface area contributed by atoms with Crippen LogP contribution in [-0.4, -0.2) is 61.1 Å². The Bertz CT molecular complexity index is 471. The van der Waals surface area contributed by atoms with E-state index in [1.807, 2.05) is 13.0 Å². The van der Waals surface area contributed by atoms with Crippen LogP contribution in [0.25, 0.3) is 0 Å². The molecule has 2 aromatic rings. The van der Waals surface area contributed by atoms with Crippen molar-refractivity contribution in [3.8, 4) is 0 Å². The molecule has 0 atom stereocenters. The van der Waals surface area contributed by atoms with E-state index in [-0.39, 0.29) is 41.4 Å². The topological polar surface area (TPSA) is 96.5 Å². The van der Waals surface area contributed by atoms with E-state index in [9.17, 15) is 4.79 Å². The number of aromatic nitrogens is 5. The van der Waals surface area contributed by atoms with E-state index in [1.54, 1.807) is 12.1 Å². The molecule has 2 N–H and O–H groups in total. The number of tetrazole rings is 1. The Hall–Kier alpha value is -1.31. The zero-order valence-corrected chi connectivity index (χ0v) is 10.9. The number of anilines is 1. The molecule has 0 aliphatic heterocycles. The average Bonchev–Trinajstić information content (AvgIpc) is 2.70. The van der Waals surface area contributed by atoms with Crippen LogP contribution in [0, 0.1) is 6.92 Å². The predicted molar refractivity (Wildman–Crippen MR) is 56.9 cm³/mol. The molecule has 2 heterocycles. The molecule has 2 rings (SSSR count). The quantitative estimate of drug-likeness (QED) is 0.691. The second kappa shape index (κ2) is 5.69. The van der Waals surface area contributed by atoms with Crippen LogP contribution in [0.15, 0.2) is 18.2 Å². The van der Waals surface area contributed by atoms with E-state index in [2.05, 4.69) is 30.9 Å². The van der Waals surface area contributed by atoms with Gasteiger partial charge in [-0.25, -0.2) is 4.98 Å². The molecule has 1 radical (unpaired) electrons. The maximum Gasteiger partial charge on any atom is 0.276 e. The summed E-state index contributed by atoms with van der Waals surface area (Å²) in [5.41, 5.74) is 1.09. The number of hydrogen-bond acceptors (Lipinski definition) is 5. The summed E-state index contributed by atoms with van der Waals surface area (Å²) in [6.45, 7) is 1.81. The molecule has 0 spiro atoms. The minimum absolute atomic E-state index is 0. The number of amides is 1. The molecule has 8 heteroatoms. The summed E-state index contributed by atoms with van der Waals surface area (Å²) in [7, 11) is 0. The van der Waals surface area contributed by atoms with Gasteiger partial charge in [0.2, 0.25) is 0 Å². The predicted octanol–water partition coefficient (Wildman–Crippen LogP) is -0.225. The Kier molecular flexibility index (Phi) is 4.53. The molecule has 0 aromatic carbocycles. The van der Waals surface area contributed by atoms with Crippen LogP contribution < -0.4 is 5.32 Å². The third kappa shape index (κ3) is 3.09. The molecule has 0 aliphatic carbocycles. The Labute approximate surface area is 113 Å². The summed E-state index contributed by atoms with van der Waals surface area (Å²) in [6.07, 6.45) is 0. The fraction of sp³-hybridized carbons (Fsp3) is 0.125. The molecule has 0 saturated heterocycles. The van der Waals surface area contributed by atoms with Crippen molar-refractivity contribution in [1.29, 1.82) is 0 Å². The van der Waals surface area contributed by atoms with Crippen LogP contribution in [0.3, 0.4) is 0 Å². The molecule has 1 amide bonds. The molecule has 0 unspecified atom stereocenters. The van der Waals surface area contributed by atoms with E-state index in [0.717, 1.165) is 5.69 Å². The van der Waals surface area contributed by atoms with Gasteiger partial charge in [0, 0.05) is 35.3 Å². The number of aromatic amines is 1. The van der Waals surface area contributed by atoms with E-state index >= 15 is 0 Å². The number of rotatable bonds is 2. The summed E-state index contributed by atoms with van der Waals surface area (Å²) in [5, 5.41) is 15.2. The maximum absolute atomic E-state index is 11.6. The molecule has 77 valence electrons. The van der Waals surface area contributed by atoms with Gasteiger partial charge in [0.25, 0.3) is 11.9 Å². The van der Waals surface area contributed by atoms with Crippen LogP contribution in [-0.2, 0) is 0 Å². The third-order valence-electron chi connectivity index (χ3n) is 1.69. The van der Waals surface area contributed by atoms with Gasteiger partial charge in [-0.15, -0.1) is 5.10 Å². The second-order valence-corrected chi connectivity index (χ2v) is 2.85. The third-order valence-corrected chi connectivity index (χ3v) is 1.69. The minimum atomic E-state index is -0.361. The monoisotopic (exact) mass is 227 g/mol. The largest absolute Gasteiger partial charge is 0.286 e. The molecule has 0 bridgehead atoms. The zero-order valence-electron chi connectivity index (χ0n) is 8.93. The zero-order chi connectivity index (χ0) is 10.7.